The van der Waals surface area contributed by atoms with Gasteiger partial charge in [0.2, 0.25) is 0 Å². The molecule has 0 aliphatic heterocycles. The summed E-state index contributed by atoms with van der Waals surface area (Å²) in [5, 5.41) is 17.4. The molecule has 4 heteroatoms. The van der Waals surface area contributed by atoms with Gasteiger partial charge >= 0.3 is 5.97 Å². The number of nitriles is 1. The molecule has 0 spiro atoms. The first kappa shape index (κ1) is 14.2. The number of hydrogen-bond donors (Lipinski definition) is 1. The Morgan fingerprint density at radius 1 is 1.05 bits per heavy atom. The quantitative estimate of drug-likeness (QED) is 0.853. The fourth-order valence-corrected chi connectivity index (χ4v) is 2.57. The summed E-state index contributed by atoms with van der Waals surface area (Å²) in [6, 6.07) is 17.2. The van der Waals surface area contributed by atoms with Crippen LogP contribution in [-0.2, 0) is 17.0 Å². The number of carboxylic acid groups (broad SMARTS) is 1. The summed E-state index contributed by atoms with van der Waals surface area (Å²) in [6.07, 6.45) is 0.0561. The molecule has 0 aliphatic carbocycles. The van der Waals surface area contributed by atoms with Crippen LogP contribution in [0.25, 0.3) is 0 Å². The zero-order valence-corrected chi connectivity index (χ0v) is 11.6. The maximum atomic E-state index is 10.6. The second-order valence-electron chi connectivity index (χ2n) is 4.31. The van der Waals surface area contributed by atoms with Gasteiger partial charge in [0, 0.05) is 10.6 Å². The van der Waals surface area contributed by atoms with Crippen LogP contribution in [0.3, 0.4) is 0 Å². The van der Waals surface area contributed by atoms with E-state index in [2.05, 4.69) is 6.07 Å². The monoisotopic (exact) mass is 283 g/mol. The zero-order chi connectivity index (χ0) is 14.4. The van der Waals surface area contributed by atoms with E-state index in [1.54, 1.807) is 11.8 Å². The first-order chi connectivity index (χ1) is 9.67. The summed E-state index contributed by atoms with van der Waals surface area (Å²) in [4.78, 5) is 11.7. The molecule has 2 aromatic carbocycles. The van der Waals surface area contributed by atoms with Crippen LogP contribution in [0.1, 0.15) is 16.7 Å². The van der Waals surface area contributed by atoms with Gasteiger partial charge in [-0.05, 0) is 35.4 Å². The predicted octanol–water partition coefficient (Wildman–Crippen LogP) is 3.48. The first-order valence-electron chi connectivity index (χ1n) is 6.10. The van der Waals surface area contributed by atoms with Crippen LogP contribution >= 0.6 is 11.8 Å². The lowest BCUT2D eigenvalue weighted by molar-refractivity contribution is -0.136. The molecule has 100 valence electrons. The Kier molecular flexibility index (Phi) is 4.80. The largest absolute Gasteiger partial charge is 0.481 e. The van der Waals surface area contributed by atoms with Crippen molar-refractivity contribution in [3.63, 3.8) is 0 Å². The average molecular weight is 283 g/mol. The molecule has 1 N–H and O–H groups in total. The Morgan fingerprint density at radius 2 is 1.65 bits per heavy atom. The van der Waals surface area contributed by atoms with Crippen LogP contribution in [0.4, 0.5) is 0 Å². The number of benzene rings is 2. The second kappa shape index (κ2) is 6.78. The summed E-state index contributed by atoms with van der Waals surface area (Å²) in [6.45, 7) is 0. The molecule has 2 aromatic rings. The van der Waals surface area contributed by atoms with E-state index in [9.17, 15) is 4.79 Å². The van der Waals surface area contributed by atoms with Gasteiger partial charge in [-0.3, -0.25) is 4.79 Å². The molecule has 20 heavy (non-hydrogen) atoms. The molecule has 0 heterocycles. The van der Waals surface area contributed by atoms with Gasteiger partial charge in [-0.1, -0.05) is 24.3 Å². The van der Waals surface area contributed by atoms with Gasteiger partial charge in [0.15, 0.2) is 0 Å². The van der Waals surface area contributed by atoms with E-state index in [0.717, 1.165) is 21.8 Å². The van der Waals surface area contributed by atoms with Crippen LogP contribution in [0, 0.1) is 11.3 Å². The molecular weight excluding hydrogens is 270 g/mol. The van der Waals surface area contributed by atoms with E-state index < -0.39 is 5.97 Å². The molecule has 0 radical (unpaired) electrons. The van der Waals surface area contributed by atoms with Crippen molar-refractivity contribution in [2.24, 2.45) is 0 Å². The molecule has 0 amide bonds. The summed E-state index contributed by atoms with van der Waals surface area (Å²) >= 11 is 1.68. The minimum Gasteiger partial charge on any atom is -0.481 e. The van der Waals surface area contributed by atoms with E-state index in [4.69, 9.17) is 10.4 Å². The van der Waals surface area contributed by atoms with Crippen molar-refractivity contribution in [2.45, 2.75) is 17.1 Å². The zero-order valence-electron chi connectivity index (χ0n) is 10.7. The summed E-state index contributed by atoms with van der Waals surface area (Å²) < 4.78 is 0. The maximum Gasteiger partial charge on any atom is 0.307 e. The molecule has 0 atom stereocenters. The Bertz CT molecular complexity index is 627. The molecule has 0 saturated carbocycles. The van der Waals surface area contributed by atoms with Crippen molar-refractivity contribution in [1.29, 1.82) is 5.26 Å². The Balaban J connectivity index is 1.93. The van der Waals surface area contributed by atoms with Gasteiger partial charge in [-0.2, -0.15) is 5.26 Å². The molecule has 0 bridgehead atoms. The van der Waals surface area contributed by atoms with Crippen LogP contribution in [0.2, 0.25) is 0 Å². The average Bonchev–Trinajstić information content (AvgIpc) is 2.46. The van der Waals surface area contributed by atoms with Crippen LogP contribution < -0.4 is 0 Å². The van der Waals surface area contributed by atoms with E-state index >= 15 is 0 Å². The van der Waals surface area contributed by atoms with Gasteiger partial charge in [0.05, 0.1) is 18.1 Å². The molecular formula is C16H13NO2S. The number of carboxylic acids is 1. The molecule has 0 fully saturated rings. The Hall–Kier alpha value is -2.25. The minimum atomic E-state index is -0.817. The van der Waals surface area contributed by atoms with Gasteiger partial charge < -0.3 is 5.11 Å². The fourth-order valence-electron chi connectivity index (χ4n) is 1.72. The first-order valence-corrected chi connectivity index (χ1v) is 7.08. The summed E-state index contributed by atoms with van der Waals surface area (Å²) in [7, 11) is 0. The number of carbonyl (C=O) groups is 1. The number of rotatable bonds is 5. The predicted molar refractivity (Wildman–Crippen MR) is 78.5 cm³/mol. The van der Waals surface area contributed by atoms with Crippen molar-refractivity contribution in [1.82, 2.24) is 0 Å². The normalized spacial score (nSPS) is 9.95. The van der Waals surface area contributed by atoms with Crippen molar-refractivity contribution < 1.29 is 9.90 Å². The topological polar surface area (TPSA) is 61.1 Å². The third-order valence-corrected chi connectivity index (χ3v) is 3.85. The van der Waals surface area contributed by atoms with Crippen molar-refractivity contribution in [2.75, 3.05) is 0 Å². The lowest BCUT2D eigenvalue weighted by Gasteiger charge is -2.03. The number of nitrogens with zero attached hydrogens (tertiary/aromatic N) is 1. The number of thioether (sulfide) groups is 1. The fraction of sp³-hybridized carbons (Fsp3) is 0.125. The van der Waals surface area contributed by atoms with Crippen molar-refractivity contribution >= 4 is 17.7 Å². The molecule has 0 aliphatic rings. The standard InChI is InChI=1S/C16H13NO2S/c17-10-13-1-3-14(4-2-13)11-20-15-7-5-12(6-8-15)9-16(18)19/h1-8H,9,11H2,(H,18,19). The van der Waals surface area contributed by atoms with Crippen molar-refractivity contribution in [3.8, 4) is 6.07 Å². The highest BCUT2D eigenvalue weighted by atomic mass is 32.2. The van der Waals surface area contributed by atoms with E-state index in [0.29, 0.717) is 5.56 Å². The molecule has 0 aromatic heterocycles. The maximum absolute atomic E-state index is 10.6. The van der Waals surface area contributed by atoms with Gasteiger partial charge in [-0.15, -0.1) is 11.8 Å². The third-order valence-electron chi connectivity index (χ3n) is 2.77. The molecule has 3 nitrogen and oxygen atoms in total. The molecule has 0 saturated heterocycles. The van der Waals surface area contributed by atoms with Crippen LogP contribution in [0.15, 0.2) is 53.4 Å². The smallest absolute Gasteiger partial charge is 0.307 e. The van der Waals surface area contributed by atoms with Crippen LogP contribution in [0.5, 0.6) is 0 Å². The van der Waals surface area contributed by atoms with E-state index in [-0.39, 0.29) is 6.42 Å². The van der Waals surface area contributed by atoms with E-state index in [1.165, 1.54) is 0 Å². The molecule has 0 unspecified atom stereocenters. The highest BCUT2D eigenvalue weighted by molar-refractivity contribution is 7.98. The van der Waals surface area contributed by atoms with Crippen molar-refractivity contribution in [3.05, 3.63) is 65.2 Å². The van der Waals surface area contributed by atoms with E-state index in [1.807, 2.05) is 48.5 Å². The second-order valence-corrected chi connectivity index (χ2v) is 5.36. The SMILES string of the molecule is N#Cc1ccc(CSc2ccc(CC(=O)O)cc2)cc1. The van der Waals surface area contributed by atoms with Gasteiger partial charge in [0.25, 0.3) is 0 Å². The lowest BCUT2D eigenvalue weighted by atomic mass is 10.2. The molecule has 2 rings (SSSR count). The summed E-state index contributed by atoms with van der Waals surface area (Å²) in [5.41, 5.74) is 2.63. The highest BCUT2D eigenvalue weighted by Crippen LogP contribution is 2.23. The Morgan fingerprint density at radius 3 is 2.20 bits per heavy atom. The third kappa shape index (κ3) is 4.15. The van der Waals surface area contributed by atoms with Gasteiger partial charge in [-0.25, -0.2) is 0 Å². The number of aliphatic carboxylic acids is 1. The lowest BCUT2D eigenvalue weighted by Crippen LogP contribution is -1.99. The Labute approximate surface area is 121 Å². The van der Waals surface area contributed by atoms with Crippen LogP contribution in [-0.4, -0.2) is 11.1 Å². The summed E-state index contributed by atoms with van der Waals surface area (Å²) in [5.74, 6) is 0.00672. The van der Waals surface area contributed by atoms with Gasteiger partial charge in [0.1, 0.15) is 0 Å². The highest BCUT2D eigenvalue weighted by Gasteiger charge is 2.01. The minimum absolute atomic E-state index is 0.0561. The number of hydrogen-bond acceptors (Lipinski definition) is 3.